The lowest BCUT2D eigenvalue weighted by atomic mass is 10.1. The molecule has 0 spiro atoms. The molecule has 0 bridgehead atoms. The first kappa shape index (κ1) is 22.9. The second kappa shape index (κ2) is 8.79. The van der Waals surface area contributed by atoms with E-state index in [1.54, 1.807) is 0 Å². The number of nitrogens with one attached hydrogen (secondary N) is 1. The minimum Gasteiger partial charge on any atom is -0.508 e. The summed E-state index contributed by atoms with van der Waals surface area (Å²) >= 11 is 0. The number of nitrogens with zero attached hydrogens (tertiary/aromatic N) is 5. The maximum atomic E-state index is 13.4. The van der Waals surface area contributed by atoms with Crippen LogP contribution in [0, 0.1) is 28.4 Å². The van der Waals surface area contributed by atoms with Gasteiger partial charge in [0.1, 0.15) is 17.5 Å². The van der Waals surface area contributed by atoms with Gasteiger partial charge in [-0.15, -0.1) is 10.2 Å². The summed E-state index contributed by atoms with van der Waals surface area (Å²) in [5.41, 5.74) is 3.71. The molecule has 13 heteroatoms. The normalized spacial score (nSPS) is 11.4. The molecule has 0 unspecified atom stereocenters. The Hall–Kier alpha value is -4.73. The van der Waals surface area contributed by atoms with Crippen molar-refractivity contribution in [1.82, 2.24) is 4.98 Å². The van der Waals surface area contributed by atoms with E-state index in [4.69, 9.17) is 5.73 Å². The highest BCUT2D eigenvalue weighted by molar-refractivity contribution is 5.75. The van der Waals surface area contributed by atoms with Gasteiger partial charge in [0.2, 0.25) is 0 Å². The molecule has 168 valence electrons. The molecule has 0 fully saturated rings. The largest absolute Gasteiger partial charge is 0.508 e. The molecule has 0 aliphatic rings. The van der Waals surface area contributed by atoms with Crippen LogP contribution in [0.5, 0.6) is 5.75 Å². The number of hydrogen-bond acceptors (Lipinski definition) is 9. The fourth-order valence-electron chi connectivity index (χ4n) is 2.81. The Bertz CT molecular complexity index is 1300. The molecule has 3 rings (SSSR count). The van der Waals surface area contributed by atoms with Crippen molar-refractivity contribution >= 4 is 34.4 Å². The Morgan fingerprint density at radius 3 is 2.45 bits per heavy atom. The highest BCUT2D eigenvalue weighted by atomic mass is 19.4. The number of aromatic hydroxyl groups is 1. The van der Waals surface area contributed by atoms with Crippen LogP contribution < -0.4 is 11.1 Å². The fraction of sp³-hybridized carbons (Fsp3) is 0.100. The summed E-state index contributed by atoms with van der Waals surface area (Å²) in [5.74, 6) is -0.111. The summed E-state index contributed by atoms with van der Waals surface area (Å²) in [4.78, 5) is 13.9. The average molecular weight is 457 g/mol. The van der Waals surface area contributed by atoms with Gasteiger partial charge in [-0.2, -0.15) is 18.4 Å². The molecule has 0 aliphatic heterocycles. The lowest BCUT2D eigenvalue weighted by molar-refractivity contribution is -0.385. The zero-order chi connectivity index (χ0) is 24.3. The SMILES string of the molecule is Cc1c(C#N)c(Nc2ccc(O)cc2)nc(N)c1N=Nc1ccc([N+](=O)[O-])cc1C(F)(F)F. The van der Waals surface area contributed by atoms with Crippen LogP contribution in [0.4, 0.5) is 47.6 Å². The van der Waals surface area contributed by atoms with E-state index in [-0.39, 0.29) is 34.2 Å². The predicted octanol–water partition coefficient (Wildman–Crippen LogP) is 5.64. The third kappa shape index (κ3) is 4.96. The number of anilines is 3. The summed E-state index contributed by atoms with van der Waals surface area (Å²) in [7, 11) is 0. The number of hydrogen-bond donors (Lipinski definition) is 3. The number of aromatic nitrogens is 1. The summed E-state index contributed by atoms with van der Waals surface area (Å²) in [5, 5.41) is 39.9. The van der Waals surface area contributed by atoms with Crippen LogP contribution in [0.3, 0.4) is 0 Å². The van der Waals surface area contributed by atoms with Gasteiger partial charge in [-0.05, 0) is 37.3 Å². The molecule has 0 aliphatic carbocycles. The number of phenolic OH excluding ortho intramolecular Hbond substituents is 1. The molecule has 4 N–H and O–H groups in total. The number of nitro benzene ring substituents is 1. The number of phenols is 1. The molecule has 0 saturated carbocycles. The molecule has 1 heterocycles. The molecule has 1 aromatic heterocycles. The Balaban J connectivity index is 2.04. The number of nitrogen functional groups attached to an aromatic ring is 1. The van der Waals surface area contributed by atoms with E-state index in [0.29, 0.717) is 11.8 Å². The minimum atomic E-state index is -4.92. The minimum absolute atomic E-state index is 0.0194. The first-order valence-electron chi connectivity index (χ1n) is 9.05. The van der Waals surface area contributed by atoms with Crippen LogP contribution in [0.2, 0.25) is 0 Å². The van der Waals surface area contributed by atoms with Crippen molar-refractivity contribution in [3.8, 4) is 11.8 Å². The van der Waals surface area contributed by atoms with E-state index in [1.807, 2.05) is 6.07 Å². The van der Waals surface area contributed by atoms with Crippen molar-refractivity contribution in [3.05, 3.63) is 69.3 Å². The number of non-ortho nitro benzene ring substituents is 1. The van der Waals surface area contributed by atoms with E-state index in [9.17, 15) is 33.7 Å². The smallest absolute Gasteiger partial charge is 0.418 e. The average Bonchev–Trinajstić information content (AvgIpc) is 2.74. The maximum Gasteiger partial charge on any atom is 0.418 e. The second-order valence-corrected chi connectivity index (χ2v) is 6.63. The van der Waals surface area contributed by atoms with Crippen LogP contribution in [0.25, 0.3) is 0 Å². The van der Waals surface area contributed by atoms with Gasteiger partial charge in [0, 0.05) is 23.4 Å². The lowest BCUT2D eigenvalue weighted by Crippen LogP contribution is -2.06. The van der Waals surface area contributed by atoms with E-state index in [2.05, 4.69) is 20.5 Å². The van der Waals surface area contributed by atoms with Crippen molar-refractivity contribution < 1.29 is 23.2 Å². The number of nitriles is 1. The number of azo groups is 1. The molecule has 33 heavy (non-hydrogen) atoms. The van der Waals surface area contributed by atoms with Gasteiger partial charge in [0.25, 0.3) is 5.69 Å². The van der Waals surface area contributed by atoms with E-state index >= 15 is 0 Å². The third-order valence-electron chi connectivity index (χ3n) is 4.44. The number of rotatable bonds is 5. The van der Waals surface area contributed by atoms with Crippen molar-refractivity contribution in [2.75, 3.05) is 11.1 Å². The Morgan fingerprint density at radius 1 is 1.21 bits per heavy atom. The second-order valence-electron chi connectivity index (χ2n) is 6.63. The quantitative estimate of drug-likeness (QED) is 0.193. The Labute approximate surface area is 184 Å². The van der Waals surface area contributed by atoms with Crippen LogP contribution >= 0.6 is 0 Å². The molecule has 0 amide bonds. The summed E-state index contributed by atoms with van der Waals surface area (Å²) in [6.45, 7) is 1.47. The number of halogens is 3. The van der Waals surface area contributed by atoms with Crippen LogP contribution in [0.1, 0.15) is 16.7 Å². The first-order valence-corrected chi connectivity index (χ1v) is 9.05. The van der Waals surface area contributed by atoms with Crippen LogP contribution in [-0.4, -0.2) is 15.0 Å². The summed E-state index contributed by atoms with van der Waals surface area (Å²) < 4.78 is 40.1. The molecule has 0 radical (unpaired) electrons. The highest BCUT2D eigenvalue weighted by Crippen LogP contribution is 2.40. The van der Waals surface area contributed by atoms with Gasteiger partial charge in [0.05, 0.1) is 21.7 Å². The summed E-state index contributed by atoms with van der Waals surface area (Å²) in [6, 6.07) is 9.85. The standard InChI is InChI=1S/C20H14F3N7O3/c1-10-14(9-24)19(26-11-2-5-13(31)6-3-11)27-18(25)17(10)29-28-16-7-4-12(30(32)33)8-15(16)20(21,22)23/h2-8,31H,1H3,(H3,25,26,27). The summed E-state index contributed by atoms with van der Waals surface area (Å²) in [6.07, 6.45) is -4.92. The Morgan fingerprint density at radius 2 is 1.88 bits per heavy atom. The molecule has 2 aromatic carbocycles. The van der Waals surface area contributed by atoms with Gasteiger partial charge < -0.3 is 16.2 Å². The maximum absolute atomic E-state index is 13.4. The van der Waals surface area contributed by atoms with E-state index in [0.717, 1.165) is 12.1 Å². The zero-order valence-electron chi connectivity index (χ0n) is 16.8. The molecular formula is C20H14F3N7O3. The number of benzene rings is 2. The van der Waals surface area contributed by atoms with Gasteiger partial charge in [-0.1, -0.05) is 0 Å². The van der Waals surface area contributed by atoms with Crippen molar-refractivity contribution in [2.24, 2.45) is 10.2 Å². The zero-order valence-corrected chi connectivity index (χ0v) is 16.8. The van der Waals surface area contributed by atoms with Crippen molar-refractivity contribution in [2.45, 2.75) is 13.1 Å². The number of nitrogens with two attached hydrogens (primary N) is 1. The Kier molecular flexibility index (Phi) is 6.11. The number of pyridine rings is 1. The van der Waals surface area contributed by atoms with Gasteiger partial charge in [-0.3, -0.25) is 10.1 Å². The molecule has 0 atom stereocenters. The third-order valence-corrected chi connectivity index (χ3v) is 4.44. The van der Waals surface area contributed by atoms with E-state index < -0.39 is 28.0 Å². The fourth-order valence-corrected chi connectivity index (χ4v) is 2.81. The first-order chi connectivity index (χ1) is 15.5. The van der Waals surface area contributed by atoms with Crippen molar-refractivity contribution in [1.29, 1.82) is 5.26 Å². The lowest BCUT2D eigenvalue weighted by Gasteiger charge is -2.13. The van der Waals surface area contributed by atoms with Crippen LogP contribution in [-0.2, 0) is 6.18 Å². The number of alkyl halides is 3. The topological polar surface area (TPSA) is 163 Å². The molecule has 0 saturated heterocycles. The number of nitro groups is 1. The van der Waals surface area contributed by atoms with Crippen molar-refractivity contribution in [3.63, 3.8) is 0 Å². The molecule has 10 nitrogen and oxygen atoms in total. The monoisotopic (exact) mass is 457 g/mol. The van der Waals surface area contributed by atoms with Crippen LogP contribution in [0.15, 0.2) is 52.7 Å². The highest BCUT2D eigenvalue weighted by Gasteiger charge is 2.35. The van der Waals surface area contributed by atoms with Gasteiger partial charge in [-0.25, -0.2) is 4.98 Å². The predicted molar refractivity (Wildman–Crippen MR) is 112 cm³/mol. The molecule has 3 aromatic rings. The van der Waals surface area contributed by atoms with E-state index in [1.165, 1.54) is 31.2 Å². The van der Waals surface area contributed by atoms with Gasteiger partial charge >= 0.3 is 6.18 Å². The molecular weight excluding hydrogens is 443 g/mol. The van der Waals surface area contributed by atoms with Gasteiger partial charge in [0.15, 0.2) is 11.6 Å².